The molecule has 0 aliphatic carbocycles. The first-order chi connectivity index (χ1) is 9.60. The number of rotatable bonds is 6. The molecule has 2 aromatic rings. The van der Waals surface area contributed by atoms with Gasteiger partial charge in [-0.3, -0.25) is 4.79 Å². The number of aromatic nitrogens is 2. The summed E-state index contributed by atoms with van der Waals surface area (Å²) in [6, 6.07) is 7.88. The van der Waals surface area contributed by atoms with Crippen molar-refractivity contribution in [3.8, 4) is 0 Å². The molecule has 0 radical (unpaired) electrons. The third kappa shape index (κ3) is 3.76. The van der Waals surface area contributed by atoms with Crippen LogP contribution < -0.4 is 5.32 Å². The highest BCUT2D eigenvalue weighted by Gasteiger charge is 2.19. The Labute approximate surface area is 123 Å². The minimum atomic E-state index is -0.0537. The molecular weight excluding hydrogens is 270 g/mol. The Hall–Kier alpha value is -1.49. The molecule has 0 unspecified atom stereocenters. The monoisotopic (exact) mass is 291 g/mol. The number of para-hydroxylation sites is 2. The van der Waals surface area contributed by atoms with E-state index in [1.54, 1.807) is 0 Å². The SMILES string of the molecule is CSCC(=O)N[C@@H](CC(C)C)c1nc2ccccc2[nH]1. The second kappa shape index (κ2) is 6.79. The predicted molar refractivity (Wildman–Crippen MR) is 84.8 cm³/mol. The number of aromatic amines is 1. The number of nitrogens with one attached hydrogen (secondary N) is 2. The number of hydrogen-bond donors (Lipinski definition) is 2. The van der Waals surface area contributed by atoms with Crippen LogP contribution >= 0.6 is 11.8 Å². The maximum atomic E-state index is 11.8. The molecular formula is C15H21N3OS. The lowest BCUT2D eigenvalue weighted by Gasteiger charge is -2.18. The summed E-state index contributed by atoms with van der Waals surface area (Å²) in [6.07, 6.45) is 2.80. The van der Waals surface area contributed by atoms with E-state index in [0.717, 1.165) is 23.3 Å². The summed E-state index contributed by atoms with van der Waals surface area (Å²) in [4.78, 5) is 19.8. The van der Waals surface area contributed by atoms with E-state index in [0.29, 0.717) is 11.7 Å². The van der Waals surface area contributed by atoms with Crippen LogP contribution in [0.25, 0.3) is 11.0 Å². The fourth-order valence-corrected chi connectivity index (χ4v) is 2.56. The number of H-pyrrole nitrogens is 1. The van der Waals surface area contributed by atoms with E-state index in [-0.39, 0.29) is 11.9 Å². The van der Waals surface area contributed by atoms with Gasteiger partial charge in [0.1, 0.15) is 5.82 Å². The van der Waals surface area contributed by atoms with Crippen molar-refractivity contribution in [2.45, 2.75) is 26.3 Å². The average Bonchev–Trinajstić information content (AvgIpc) is 2.81. The normalized spacial score (nSPS) is 12.8. The minimum Gasteiger partial charge on any atom is -0.345 e. The molecule has 2 N–H and O–H groups in total. The molecule has 0 fully saturated rings. The first-order valence-corrected chi connectivity index (χ1v) is 8.22. The summed E-state index contributed by atoms with van der Waals surface area (Å²) in [6.45, 7) is 4.30. The van der Waals surface area contributed by atoms with Crippen molar-refractivity contribution in [2.24, 2.45) is 5.92 Å². The number of nitrogens with zero attached hydrogens (tertiary/aromatic N) is 1. The number of amides is 1. The highest BCUT2D eigenvalue weighted by Crippen LogP contribution is 2.22. The van der Waals surface area contributed by atoms with Crippen molar-refractivity contribution in [3.05, 3.63) is 30.1 Å². The summed E-state index contributed by atoms with van der Waals surface area (Å²) in [7, 11) is 0. The average molecular weight is 291 g/mol. The number of thioether (sulfide) groups is 1. The van der Waals surface area contributed by atoms with Crippen LogP contribution in [0.2, 0.25) is 0 Å². The standard InChI is InChI=1S/C15H21N3OS/c1-10(2)8-13(16-14(19)9-20-3)15-17-11-6-4-5-7-12(11)18-15/h4-7,10,13H,8-9H2,1-3H3,(H,16,19)(H,17,18)/t13-/m0/s1. The second-order valence-corrected chi connectivity index (χ2v) is 6.19. The van der Waals surface area contributed by atoms with Crippen LogP contribution in [-0.4, -0.2) is 27.9 Å². The van der Waals surface area contributed by atoms with Gasteiger partial charge in [-0.2, -0.15) is 11.8 Å². The zero-order valence-corrected chi connectivity index (χ0v) is 13.0. The van der Waals surface area contributed by atoms with Crippen molar-refractivity contribution < 1.29 is 4.79 Å². The van der Waals surface area contributed by atoms with Crippen molar-refractivity contribution in [1.82, 2.24) is 15.3 Å². The molecule has 0 saturated carbocycles. The van der Waals surface area contributed by atoms with Gasteiger partial charge in [0.15, 0.2) is 0 Å². The predicted octanol–water partition coefficient (Wildman–Crippen LogP) is 3.13. The molecule has 1 aromatic carbocycles. The third-order valence-electron chi connectivity index (χ3n) is 3.06. The van der Waals surface area contributed by atoms with Crippen LogP contribution in [0.4, 0.5) is 0 Å². The molecule has 0 saturated heterocycles. The van der Waals surface area contributed by atoms with Gasteiger partial charge in [-0.25, -0.2) is 4.98 Å². The lowest BCUT2D eigenvalue weighted by molar-refractivity contribution is -0.119. The Balaban J connectivity index is 2.22. The number of carbonyl (C=O) groups is 1. The quantitative estimate of drug-likeness (QED) is 0.859. The molecule has 1 amide bonds. The molecule has 1 aromatic heterocycles. The molecule has 5 heteroatoms. The van der Waals surface area contributed by atoms with Crippen molar-refractivity contribution in [1.29, 1.82) is 0 Å². The van der Waals surface area contributed by atoms with Crippen LogP contribution in [0.5, 0.6) is 0 Å². The highest BCUT2D eigenvalue weighted by atomic mass is 32.2. The molecule has 0 aliphatic rings. The summed E-state index contributed by atoms with van der Waals surface area (Å²) in [5, 5.41) is 3.07. The third-order valence-corrected chi connectivity index (χ3v) is 3.61. The summed E-state index contributed by atoms with van der Waals surface area (Å²) in [5.41, 5.74) is 1.95. The summed E-state index contributed by atoms with van der Waals surface area (Å²) in [5.74, 6) is 1.87. The Kier molecular flexibility index (Phi) is 5.06. The van der Waals surface area contributed by atoms with Crippen LogP contribution in [0, 0.1) is 5.92 Å². The Morgan fingerprint density at radius 1 is 1.40 bits per heavy atom. The second-order valence-electron chi connectivity index (χ2n) is 5.32. The van der Waals surface area contributed by atoms with E-state index >= 15 is 0 Å². The van der Waals surface area contributed by atoms with Crippen LogP contribution in [0.1, 0.15) is 32.1 Å². The van der Waals surface area contributed by atoms with Gasteiger partial charge < -0.3 is 10.3 Å². The first kappa shape index (κ1) is 14.9. The van der Waals surface area contributed by atoms with Crippen LogP contribution in [0.15, 0.2) is 24.3 Å². The number of benzene rings is 1. The molecule has 20 heavy (non-hydrogen) atoms. The smallest absolute Gasteiger partial charge is 0.230 e. The number of carbonyl (C=O) groups excluding carboxylic acids is 1. The van der Waals surface area contributed by atoms with Crippen LogP contribution in [0.3, 0.4) is 0 Å². The van der Waals surface area contributed by atoms with E-state index in [1.165, 1.54) is 11.8 Å². The summed E-state index contributed by atoms with van der Waals surface area (Å²) < 4.78 is 0. The number of imidazole rings is 1. The van der Waals surface area contributed by atoms with Crippen molar-refractivity contribution >= 4 is 28.7 Å². The zero-order valence-electron chi connectivity index (χ0n) is 12.1. The van der Waals surface area contributed by atoms with Crippen molar-refractivity contribution in [3.63, 3.8) is 0 Å². The van der Waals surface area contributed by atoms with Crippen LogP contribution in [-0.2, 0) is 4.79 Å². The lowest BCUT2D eigenvalue weighted by atomic mass is 10.0. The molecule has 2 rings (SSSR count). The van der Waals surface area contributed by atoms with E-state index in [1.807, 2.05) is 30.5 Å². The Morgan fingerprint density at radius 3 is 2.80 bits per heavy atom. The topological polar surface area (TPSA) is 57.8 Å². The molecule has 1 atom stereocenters. The van der Waals surface area contributed by atoms with E-state index in [9.17, 15) is 4.79 Å². The van der Waals surface area contributed by atoms with Gasteiger partial charge in [-0.1, -0.05) is 26.0 Å². The van der Waals surface area contributed by atoms with Gasteiger partial charge in [0, 0.05) is 0 Å². The molecule has 0 aliphatic heterocycles. The fourth-order valence-electron chi connectivity index (χ4n) is 2.21. The maximum Gasteiger partial charge on any atom is 0.230 e. The van der Waals surface area contributed by atoms with Gasteiger partial charge in [-0.15, -0.1) is 0 Å². The Morgan fingerprint density at radius 2 is 2.15 bits per heavy atom. The first-order valence-electron chi connectivity index (χ1n) is 6.83. The fraction of sp³-hybridized carbons (Fsp3) is 0.467. The zero-order chi connectivity index (χ0) is 14.5. The van der Waals surface area contributed by atoms with Gasteiger partial charge in [0.25, 0.3) is 0 Å². The van der Waals surface area contributed by atoms with Gasteiger partial charge in [-0.05, 0) is 30.7 Å². The minimum absolute atomic E-state index is 0.0537. The van der Waals surface area contributed by atoms with E-state index < -0.39 is 0 Å². The van der Waals surface area contributed by atoms with Gasteiger partial charge in [0.05, 0.1) is 22.8 Å². The van der Waals surface area contributed by atoms with Gasteiger partial charge >= 0.3 is 0 Å². The van der Waals surface area contributed by atoms with Crippen molar-refractivity contribution in [2.75, 3.05) is 12.0 Å². The largest absolute Gasteiger partial charge is 0.345 e. The van der Waals surface area contributed by atoms with Gasteiger partial charge in [0.2, 0.25) is 5.91 Å². The molecule has 0 spiro atoms. The molecule has 0 bridgehead atoms. The number of fused-ring (bicyclic) bond motifs is 1. The summed E-state index contributed by atoms with van der Waals surface area (Å²) >= 11 is 1.53. The number of hydrogen-bond acceptors (Lipinski definition) is 3. The maximum absolute atomic E-state index is 11.8. The Bertz CT molecular complexity index is 546. The molecule has 108 valence electrons. The highest BCUT2D eigenvalue weighted by molar-refractivity contribution is 7.99. The molecule has 1 heterocycles. The van der Waals surface area contributed by atoms with E-state index in [2.05, 4.69) is 29.1 Å². The molecule has 4 nitrogen and oxygen atoms in total. The lowest BCUT2D eigenvalue weighted by Crippen LogP contribution is -2.31. The van der Waals surface area contributed by atoms with E-state index in [4.69, 9.17) is 0 Å².